The van der Waals surface area contributed by atoms with E-state index in [-0.39, 0.29) is 18.4 Å². The van der Waals surface area contributed by atoms with E-state index in [4.69, 9.17) is 9.47 Å². The van der Waals surface area contributed by atoms with Crippen LogP contribution in [-0.4, -0.2) is 48.6 Å². The zero-order valence-electron chi connectivity index (χ0n) is 23.0. The minimum Gasteiger partial charge on any atom is -0.497 e. The third-order valence-corrected chi connectivity index (χ3v) is 7.17. The molecule has 0 fully saturated rings. The molecule has 0 saturated carbocycles. The van der Waals surface area contributed by atoms with Crippen LogP contribution in [0.25, 0.3) is 5.69 Å². The maximum Gasteiger partial charge on any atom is 0.247 e. The summed E-state index contributed by atoms with van der Waals surface area (Å²) in [6.45, 7) is 4.83. The van der Waals surface area contributed by atoms with Crippen molar-refractivity contribution in [3.05, 3.63) is 72.1 Å². The van der Waals surface area contributed by atoms with Crippen molar-refractivity contribution in [2.24, 2.45) is 0 Å². The number of hydrogen-bond donors (Lipinski definition) is 0. The van der Waals surface area contributed by atoms with Gasteiger partial charge in [-0.15, -0.1) is 0 Å². The van der Waals surface area contributed by atoms with Crippen LogP contribution in [0, 0.1) is 0 Å². The predicted octanol–water partition coefficient (Wildman–Crippen LogP) is 6.14. The van der Waals surface area contributed by atoms with Crippen LogP contribution in [0.3, 0.4) is 0 Å². The molecule has 202 valence electrons. The SMILES string of the molecule is CCCCCC(=O)N(CCCC)CC(=O)N1c2ccccc2-n2cccc2C1c1cc(OC)ccc1OC. The Bertz CT molecular complexity index is 1250. The van der Waals surface area contributed by atoms with Gasteiger partial charge in [0.2, 0.25) is 11.8 Å². The Hall–Kier alpha value is -3.74. The molecular formula is C31H39N3O4. The lowest BCUT2D eigenvalue weighted by atomic mass is 9.96. The van der Waals surface area contributed by atoms with Crippen LogP contribution in [0.4, 0.5) is 5.69 Å². The summed E-state index contributed by atoms with van der Waals surface area (Å²) in [6, 6.07) is 17.1. The predicted molar refractivity (Wildman–Crippen MR) is 150 cm³/mol. The van der Waals surface area contributed by atoms with E-state index in [9.17, 15) is 9.59 Å². The summed E-state index contributed by atoms with van der Waals surface area (Å²) in [5.74, 6) is 1.27. The number of anilines is 1. The van der Waals surface area contributed by atoms with Gasteiger partial charge in [0.25, 0.3) is 0 Å². The molecule has 0 radical (unpaired) electrons. The minimum atomic E-state index is -0.458. The maximum atomic E-state index is 14.3. The van der Waals surface area contributed by atoms with Gasteiger partial charge >= 0.3 is 0 Å². The summed E-state index contributed by atoms with van der Waals surface area (Å²) in [7, 11) is 3.26. The molecular weight excluding hydrogens is 478 g/mol. The Labute approximate surface area is 226 Å². The van der Waals surface area contributed by atoms with Gasteiger partial charge in [0, 0.05) is 24.7 Å². The highest BCUT2D eigenvalue weighted by atomic mass is 16.5. The number of nitrogens with zero attached hydrogens (tertiary/aromatic N) is 3. The first-order chi connectivity index (χ1) is 18.5. The highest BCUT2D eigenvalue weighted by Crippen LogP contribution is 2.45. The first kappa shape index (κ1) is 27.3. The van der Waals surface area contributed by atoms with Gasteiger partial charge in [-0.25, -0.2) is 0 Å². The highest BCUT2D eigenvalue weighted by Gasteiger charge is 2.38. The third kappa shape index (κ3) is 5.57. The first-order valence-corrected chi connectivity index (χ1v) is 13.6. The first-order valence-electron chi connectivity index (χ1n) is 13.6. The highest BCUT2D eigenvalue weighted by molar-refractivity contribution is 6.00. The van der Waals surface area contributed by atoms with Crippen LogP contribution in [0.15, 0.2) is 60.8 Å². The number of para-hydroxylation sites is 2. The lowest BCUT2D eigenvalue weighted by Gasteiger charge is -2.40. The molecule has 0 saturated heterocycles. The lowest BCUT2D eigenvalue weighted by molar-refractivity contribution is -0.135. The van der Waals surface area contributed by atoms with Gasteiger partial charge in [-0.1, -0.05) is 45.2 Å². The summed E-state index contributed by atoms with van der Waals surface area (Å²) < 4.78 is 13.4. The summed E-state index contributed by atoms with van der Waals surface area (Å²) in [6.07, 6.45) is 7.20. The number of fused-ring (bicyclic) bond motifs is 3. The molecule has 38 heavy (non-hydrogen) atoms. The van der Waals surface area contributed by atoms with E-state index in [2.05, 4.69) is 18.4 Å². The molecule has 7 nitrogen and oxygen atoms in total. The number of unbranched alkanes of at least 4 members (excludes halogenated alkanes) is 3. The normalized spacial score (nSPS) is 14.0. The molecule has 2 amide bonds. The number of hydrogen-bond acceptors (Lipinski definition) is 4. The van der Waals surface area contributed by atoms with Crippen LogP contribution >= 0.6 is 0 Å². The molecule has 1 aliphatic heterocycles. The summed E-state index contributed by atoms with van der Waals surface area (Å²) >= 11 is 0. The van der Waals surface area contributed by atoms with E-state index in [0.717, 1.165) is 54.7 Å². The van der Waals surface area contributed by atoms with Gasteiger partial charge in [0.1, 0.15) is 24.1 Å². The van der Waals surface area contributed by atoms with Crippen molar-refractivity contribution in [3.63, 3.8) is 0 Å². The molecule has 7 heteroatoms. The smallest absolute Gasteiger partial charge is 0.247 e. The molecule has 4 rings (SSSR count). The Morgan fingerprint density at radius 1 is 0.895 bits per heavy atom. The van der Waals surface area contributed by atoms with E-state index >= 15 is 0 Å². The molecule has 1 aliphatic rings. The Balaban J connectivity index is 1.78. The largest absolute Gasteiger partial charge is 0.497 e. The molecule has 0 spiro atoms. The fraction of sp³-hybridized carbons (Fsp3) is 0.419. The van der Waals surface area contributed by atoms with E-state index in [1.165, 1.54) is 0 Å². The van der Waals surface area contributed by atoms with Crippen LogP contribution < -0.4 is 14.4 Å². The maximum absolute atomic E-state index is 14.3. The zero-order valence-corrected chi connectivity index (χ0v) is 23.0. The van der Waals surface area contributed by atoms with Crippen LogP contribution in [0.2, 0.25) is 0 Å². The minimum absolute atomic E-state index is 0.0305. The van der Waals surface area contributed by atoms with Crippen molar-refractivity contribution >= 4 is 17.5 Å². The quantitative estimate of drug-likeness (QED) is 0.271. The van der Waals surface area contributed by atoms with Crippen molar-refractivity contribution in [2.45, 2.75) is 58.4 Å². The Morgan fingerprint density at radius 3 is 2.37 bits per heavy atom. The van der Waals surface area contributed by atoms with Gasteiger partial charge < -0.3 is 18.9 Å². The molecule has 0 bridgehead atoms. The van der Waals surface area contributed by atoms with Crippen LogP contribution in [0.5, 0.6) is 11.5 Å². The topological polar surface area (TPSA) is 64.0 Å². The van der Waals surface area contributed by atoms with Crippen molar-refractivity contribution in [1.82, 2.24) is 9.47 Å². The molecule has 2 aromatic carbocycles. The number of methoxy groups -OCH3 is 2. The summed E-state index contributed by atoms with van der Waals surface area (Å²) in [5.41, 5.74) is 3.49. The number of rotatable bonds is 12. The average molecular weight is 518 g/mol. The van der Waals surface area contributed by atoms with E-state index in [0.29, 0.717) is 24.5 Å². The van der Waals surface area contributed by atoms with Gasteiger partial charge in [-0.2, -0.15) is 0 Å². The number of aromatic nitrogens is 1. The standard InChI is InChI=1S/C31H39N3O4/c1-5-7-9-16-29(35)32(19-8-6-2)22-30(36)34-26-14-11-10-13-25(26)33-20-12-15-27(33)31(34)24-21-23(37-3)17-18-28(24)38-4/h10-15,17-18,20-21,31H,5-9,16,19,22H2,1-4H3. The van der Waals surface area contributed by atoms with Crippen molar-refractivity contribution < 1.29 is 19.1 Å². The average Bonchev–Trinajstić information content (AvgIpc) is 3.44. The monoisotopic (exact) mass is 517 g/mol. The Kier molecular flexibility index (Phi) is 9.10. The number of benzene rings is 2. The zero-order chi connectivity index (χ0) is 27.1. The number of ether oxygens (including phenoxy) is 2. The fourth-order valence-corrected chi connectivity index (χ4v) is 5.17. The van der Waals surface area contributed by atoms with Gasteiger partial charge in [0.05, 0.1) is 31.3 Å². The number of carbonyl (C=O) groups excluding carboxylic acids is 2. The summed E-state index contributed by atoms with van der Waals surface area (Å²) in [4.78, 5) is 31.1. The summed E-state index contributed by atoms with van der Waals surface area (Å²) in [5, 5.41) is 0. The fourth-order valence-electron chi connectivity index (χ4n) is 5.17. The lowest BCUT2D eigenvalue weighted by Crippen LogP contribution is -2.47. The molecule has 0 aliphatic carbocycles. The van der Waals surface area contributed by atoms with Gasteiger partial charge in [-0.05, 0) is 55.3 Å². The van der Waals surface area contributed by atoms with Crippen molar-refractivity contribution in [2.75, 3.05) is 32.2 Å². The van der Waals surface area contributed by atoms with E-state index in [1.807, 2.05) is 65.7 Å². The molecule has 1 unspecified atom stereocenters. The van der Waals surface area contributed by atoms with Crippen molar-refractivity contribution in [1.29, 1.82) is 0 Å². The van der Waals surface area contributed by atoms with Crippen LogP contribution in [0.1, 0.15) is 69.7 Å². The van der Waals surface area contributed by atoms with Gasteiger partial charge in [-0.3, -0.25) is 14.5 Å². The van der Waals surface area contributed by atoms with E-state index in [1.54, 1.807) is 19.1 Å². The number of amides is 2. The van der Waals surface area contributed by atoms with Gasteiger partial charge in [0.15, 0.2) is 0 Å². The second-order valence-corrected chi connectivity index (χ2v) is 9.69. The van der Waals surface area contributed by atoms with E-state index < -0.39 is 6.04 Å². The second-order valence-electron chi connectivity index (χ2n) is 9.69. The second kappa shape index (κ2) is 12.7. The third-order valence-electron chi connectivity index (χ3n) is 7.17. The molecule has 1 aromatic heterocycles. The molecule has 1 atom stereocenters. The van der Waals surface area contributed by atoms with Crippen molar-refractivity contribution in [3.8, 4) is 17.2 Å². The molecule has 2 heterocycles. The molecule has 3 aromatic rings. The number of carbonyl (C=O) groups is 2. The molecule has 0 N–H and O–H groups in total. The Morgan fingerprint density at radius 2 is 1.66 bits per heavy atom. The van der Waals surface area contributed by atoms with Crippen LogP contribution in [-0.2, 0) is 9.59 Å².